The number of rotatable bonds is 1. The van der Waals surface area contributed by atoms with Crippen LogP contribution in [0.15, 0.2) is 9.50 Å². The smallest absolute Gasteiger partial charge is 0.136 e. The van der Waals surface area contributed by atoms with Gasteiger partial charge in [0.05, 0.1) is 4.47 Å². The van der Waals surface area contributed by atoms with E-state index >= 15 is 0 Å². The minimum atomic E-state index is 0.671. The molecule has 0 saturated carbocycles. The number of nitrogens with two attached hydrogens (primary N) is 1. The molecule has 0 spiro atoms. The number of aromatic nitrogens is 2. The van der Waals surface area contributed by atoms with Crippen LogP contribution in [0, 0.1) is 0 Å². The minimum Gasteiger partial charge on any atom is -0.383 e. The number of hydrogen-bond donors (Lipinski definition) is 1. The molecular formula is C5H8BrN3S. The third-order valence-electron chi connectivity index (χ3n) is 1.20. The molecule has 0 aliphatic rings. The van der Waals surface area contributed by atoms with E-state index in [0.717, 1.165) is 9.50 Å². The summed E-state index contributed by atoms with van der Waals surface area (Å²) in [6, 6.07) is 0. The Balaban J connectivity index is 3.17. The van der Waals surface area contributed by atoms with Gasteiger partial charge in [0.25, 0.3) is 0 Å². The summed E-state index contributed by atoms with van der Waals surface area (Å²) in [6.07, 6.45) is 1.96. The lowest BCUT2D eigenvalue weighted by Crippen LogP contribution is -1.96. The van der Waals surface area contributed by atoms with Gasteiger partial charge in [0.1, 0.15) is 10.8 Å². The van der Waals surface area contributed by atoms with E-state index in [2.05, 4.69) is 21.0 Å². The standard InChI is InChI=1S/C5H8BrN3S/c1-9-4(7)3(6)5(8-9)10-2/h7H2,1-2H3. The Bertz CT molecular complexity index is 245. The highest BCUT2D eigenvalue weighted by atomic mass is 79.9. The number of halogens is 1. The molecule has 0 aliphatic carbocycles. The first-order valence-electron chi connectivity index (χ1n) is 2.68. The predicted octanol–water partition coefficient (Wildman–Crippen LogP) is 1.49. The zero-order valence-electron chi connectivity index (χ0n) is 5.76. The van der Waals surface area contributed by atoms with Crippen LogP contribution >= 0.6 is 27.7 Å². The molecule has 0 bridgehead atoms. The molecule has 56 valence electrons. The van der Waals surface area contributed by atoms with Crippen molar-refractivity contribution in [2.24, 2.45) is 7.05 Å². The summed E-state index contributed by atoms with van der Waals surface area (Å²) in [5, 5.41) is 5.07. The number of anilines is 1. The van der Waals surface area contributed by atoms with Gasteiger partial charge in [-0.2, -0.15) is 5.10 Å². The summed E-state index contributed by atoms with van der Waals surface area (Å²) in [7, 11) is 1.82. The molecule has 0 unspecified atom stereocenters. The maximum absolute atomic E-state index is 5.62. The van der Waals surface area contributed by atoms with Gasteiger partial charge in [-0.05, 0) is 22.2 Å². The zero-order chi connectivity index (χ0) is 7.72. The van der Waals surface area contributed by atoms with Gasteiger partial charge >= 0.3 is 0 Å². The highest BCUT2D eigenvalue weighted by molar-refractivity contribution is 9.10. The van der Waals surface area contributed by atoms with Crippen LogP contribution in [0.4, 0.5) is 5.82 Å². The molecule has 10 heavy (non-hydrogen) atoms. The molecular weight excluding hydrogens is 214 g/mol. The van der Waals surface area contributed by atoms with Crippen molar-refractivity contribution in [1.29, 1.82) is 0 Å². The monoisotopic (exact) mass is 221 g/mol. The van der Waals surface area contributed by atoms with Crippen LogP contribution in [0.25, 0.3) is 0 Å². The first-order valence-corrected chi connectivity index (χ1v) is 4.70. The molecule has 5 heteroatoms. The molecule has 0 atom stereocenters. The van der Waals surface area contributed by atoms with E-state index in [1.54, 1.807) is 16.4 Å². The second-order valence-electron chi connectivity index (χ2n) is 1.83. The van der Waals surface area contributed by atoms with Crippen molar-refractivity contribution in [2.75, 3.05) is 12.0 Å². The molecule has 1 aromatic rings. The third-order valence-corrected chi connectivity index (χ3v) is 2.91. The number of hydrogen-bond acceptors (Lipinski definition) is 3. The van der Waals surface area contributed by atoms with Crippen molar-refractivity contribution in [2.45, 2.75) is 5.03 Å². The Morgan fingerprint density at radius 3 is 2.50 bits per heavy atom. The van der Waals surface area contributed by atoms with Crippen molar-refractivity contribution in [3.8, 4) is 0 Å². The Morgan fingerprint density at radius 1 is 1.70 bits per heavy atom. The molecule has 0 saturated heterocycles. The highest BCUT2D eigenvalue weighted by Gasteiger charge is 2.08. The molecule has 1 rings (SSSR count). The molecule has 0 aliphatic heterocycles. The molecule has 1 aromatic heterocycles. The van der Waals surface area contributed by atoms with Gasteiger partial charge in [-0.1, -0.05) is 0 Å². The van der Waals surface area contributed by atoms with Crippen molar-refractivity contribution in [3.63, 3.8) is 0 Å². The van der Waals surface area contributed by atoms with Gasteiger partial charge in [-0.15, -0.1) is 11.8 Å². The van der Waals surface area contributed by atoms with Gasteiger partial charge in [-0.3, -0.25) is 4.68 Å². The third kappa shape index (κ3) is 1.15. The van der Waals surface area contributed by atoms with Crippen molar-refractivity contribution in [1.82, 2.24) is 9.78 Å². The van der Waals surface area contributed by atoms with E-state index < -0.39 is 0 Å². The second kappa shape index (κ2) is 2.84. The largest absolute Gasteiger partial charge is 0.383 e. The SMILES string of the molecule is CSc1nn(C)c(N)c1Br. The summed E-state index contributed by atoms with van der Waals surface area (Å²) >= 11 is 4.90. The van der Waals surface area contributed by atoms with Gasteiger partial charge in [0.2, 0.25) is 0 Å². The Morgan fingerprint density at radius 2 is 2.30 bits per heavy atom. The number of nitrogens with zero attached hydrogens (tertiary/aromatic N) is 2. The topological polar surface area (TPSA) is 43.8 Å². The second-order valence-corrected chi connectivity index (χ2v) is 3.42. The van der Waals surface area contributed by atoms with Crippen LogP contribution in [0.5, 0.6) is 0 Å². The lowest BCUT2D eigenvalue weighted by molar-refractivity contribution is 0.748. The van der Waals surface area contributed by atoms with Gasteiger partial charge in [0, 0.05) is 7.05 Å². The first-order chi connectivity index (χ1) is 4.66. The van der Waals surface area contributed by atoms with Gasteiger partial charge in [-0.25, -0.2) is 0 Å². The van der Waals surface area contributed by atoms with Crippen LogP contribution in [-0.2, 0) is 7.05 Å². The average Bonchev–Trinajstić information content (AvgIpc) is 2.17. The zero-order valence-corrected chi connectivity index (χ0v) is 8.16. The minimum absolute atomic E-state index is 0.671. The Labute approximate surface area is 72.1 Å². The normalized spacial score (nSPS) is 10.3. The molecule has 0 radical (unpaired) electrons. The molecule has 1 heterocycles. The summed E-state index contributed by atoms with van der Waals surface area (Å²) in [5.74, 6) is 0.671. The molecule has 3 nitrogen and oxygen atoms in total. The summed E-state index contributed by atoms with van der Waals surface area (Å²) in [4.78, 5) is 0. The molecule has 2 N–H and O–H groups in total. The van der Waals surface area contributed by atoms with Crippen LogP contribution in [0.3, 0.4) is 0 Å². The van der Waals surface area contributed by atoms with Crippen molar-refractivity contribution >= 4 is 33.5 Å². The molecule has 0 fully saturated rings. The van der Waals surface area contributed by atoms with Gasteiger partial charge in [0.15, 0.2) is 0 Å². The fourth-order valence-electron chi connectivity index (χ4n) is 0.616. The fourth-order valence-corrected chi connectivity index (χ4v) is 1.93. The lowest BCUT2D eigenvalue weighted by Gasteiger charge is -1.89. The highest BCUT2D eigenvalue weighted by Crippen LogP contribution is 2.28. The maximum Gasteiger partial charge on any atom is 0.136 e. The lowest BCUT2D eigenvalue weighted by atomic mass is 10.6. The number of thioether (sulfide) groups is 1. The number of aryl methyl sites for hydroxylation is 1. The van der Waals surface area contributed by atoms with Crippen LogP contribution in [-0.4, -0.2) is 16.0 Å². The fraction of sp³-hybridized carbons (Fsp3) is 0.400. The van der Waals surface area contributed by atoms with E-state index in [0.29, 0.717) is 5.82 Å². The van der Waals surface area contributed by atoms with E-state index in [1.165, 1.54) is 0 Å². The van der Waals surface area contributed by atoms with Crippen LogP contribution < -0.4 is 5.73 Å². The molecule has 0 aromatic carbocycles. The molecule has 0 amide bonds. The van der Waals surface area contributed by atoms with E-state index in [4.69, 9.17) is 5.73 Å². The quantitative estimate of drug-likeness (QED) is 0.732. The Kier molecular flexibility index (Phi) is 2.25. The summed E-state index contributed by atoms with van der Waals surface area (Å²) < 4.78 is 2.54. The first kappa shape index (κ1) is 7.94. The summed E-state index contributed by atoms with van der Waals surface area (Å²) in [6.45, 7) is 0. The average molecular weight is 222 g/mol. The summed E-state index contributed by atoms with van der Waals surface area (Å²) in [5.41, 5.74) is 5.62. The van der Waals surface area contributed by atoms with Crippen molar-refractivity contribution < 1.29 is 0 Å². The van der Waals surface area contributed by atoms with E-state index in [-0.39, 0.29) is 0 Å². The van der Waals surface area contributed by atoms with Crippen molar-refractivity contribution in [3.05, 3.63) is 4.47 Å². The predicted molar refractivity (Wildman–Crippen MR) is 47.1 cm³/mol. The van der Waals surface area contributed by atoms with Crippen LogP contribution in [0.1, 0.15) is 0 Å². The van der Waals surface area contributed by atoms with E-state index in [1.807, 2.05) is 13.3 Å². The van der Waals surface area contributed by atoms with Crippen LogP contribution in [0.2, 0.25) is 0 Å². The van der Waals surface area contributed by atoms with Gasteiger partial charge < -0.3 is 5.73 Å². The number of nitrogen functional groups attached to an aromatic ring is 1. The Hall–Kier alpha value is -0.160. The van der Waals surface area contributed by atoms with E-state index in [9.17, 15) is 0 Å². The maximum atomic E-state index is 5.62.